The lowest BCUT2D eigenvalue weighted by Crippen LogP contribution is -2.50. The number of carbonyl (C=O) groups excluding carboxylic acids is 1. The van der Waals surface area contributed by atoms with Crippen molar-refractivity contribution in [3.05, 3.63) is 0 Å². The second-order valence-corrected chi connectivity index (χ2v) is 4.62. The van der Waals surface area contributed by atoms with Crippen LogP contribution in [-0.2, 0) is 9.53 Å². The summed E-state index contributed by atoms with van der Waals surface area (Å²) >= 11 is 0. The Kier molecular flexibility index (Phi) is 5.91. The zero-order chi connectivity index (χ0) is 13.5. The number of unbranched alkanes of at least 4 members (excludes halogenated alkanes) is 1. The van der Waals surface area contributed by atoms with E-state index in [-0.39, 0.29) is 12.1 Å². The molecule has 0 spiro atoms. The van der Waals surface area contributed by atoms with Crippen LogP contribution >= 0.6 is 0 Å². The van der Waals surface area contributed by atoms with Crippen molar-refractivity contribution in [1.82, 2.24) is 10.6 Å². The molecule has 3 N–H and O–H groups in total. The van der Waals surface area contributed by atoms with Crippen LogP contribution in [0.25, 0.3) is 0 Å². The van der Waals surface area contributed by atoms with Gasteiger partial charge in [0.15, 0.2) is 0 Å². The van der Waals surface area contributed by atoms with Gasteiger partial charge in [0.1, 0.15) is 6.04 Å². The van der Waals surface area contributed by atoms with Crippen molar-refractivity contribution in [2.24, 2.45) is 0 Å². The third kappa shape index (κ3) is 4.52. The molecule has 0 aromatic rings. The van der Waals surface area contributed by atoms with Crippen molar-refractivity contribution in [2.45, 2.75) is 57.7 Å². The second-order valence-electron chi connectivity index (χ2n) is 4.62. The van der Waals surface area contributed by atoms with Crippen molar-refractivity contribution >= 4 is 12.0 Å². The smallest absolute Gasteiger partial charge is 0.326 e. The third-order valence-corrected chi connectivity index (χ3v) is 3.14. The number of carbonyl (C=O) groups is 2. The molecular weight excluding hydrogens is 236 g/mol. The van der Waals surface area contributed by atoms with Gasteiger partial charge in [0.2, 0.25) is 0 Å². The molecule has 0 radical (unpaired) electrons. The summed E-state index contributed by atoms with van der Waals surface area (Å²) in [5.74, 6) is -0.991. The summed E-state index contributed by atoms with van der Waals surface area (Å²) in [6.07, 6.45) is 2.88. The summed E-state index contributed by atoms with van der Waals surface area (Å²) in [6.45, 7) is 4.50. The van der Waals surface area contributed by atoms with E-state index in [1.165, 1.54) is 0 Å². The zero-order valence-electron chi connectivity index (χ0n) is 10.9. The number of ether oxygens (including phenoxy) is 1. The van der Waals surface area contributed by atoms with E-state index in [0.29, 0.717) is 13.0 Å². The first-order valence-corrected chi connectivity index (χ1v) is 6.46. The fourth-order valence-corrected chi connectivity index (χ4v) is 1.96. The highest BCUT2D eigenvalue weighted by atomic mass is 16.5. The molecule has 6 heteroatoms. The van der Waals surface area contributed by atoms with Gasteiger partial charge in [0, 0.05) is 6.61 Å². The molecule has 1 rings (SSSR count). The van der Waals surface area contributed by atoms with Crippen molar-refractivity contribution in [1.29, 1.82) is 0 Å². The Bertz CT molecular complexity index is 296. The van der Waals surface area contributed by atoms with E-state index < -0.39 is 18.0 Å². The molecule has 0 saturated carbocycles. The maximum atomic E-state index is 11.7. The van der Waals surface area contributed by atoms with E-state index in [4.69, 9.17) is 9.84 Å². The van der Waals surface area contributed by atoms with Crippen molar-refractivity contribution in [3.8, 4) is 0 Å². The van der Waals surface area contributed by atoms with Gasteiger partial charge in [-0.2, -0.15) is 0 Å². The van der Waals surface area contributed by atoms with E-state index >= 15 is 0 Å². The predicted molar refractivity (Wildman–Crippen MR) is 66.4 cm³/mol. The number of urea groups is 1. The Morgan fingerprint density at radius 1 is 1.50 bits per heavy atom. The quantitative estimate of drug-likeness (QED) is 0.666. The van der Waals surface area contributed by atoms with Crippen LogP contribution in [0.15, 0.2) is 0 Å². The van der Waals surface area contributed by atoms with Gasteiger partial charge in [-0.3, -0.25) is 0 Å². The number of aliphatic carboxylic acids is 1. The minimum Gasteiger partial charge on any atom is -0.480 e. The van der Waals surface area contributed by atoms with Gasteiger partial charge in [-0.05, 0) is 19.8 Å². The maximum absolute atomic E-state index is 11.7. The SMILES string of the molecule is CCCC[C@H](NC(=O)NC1CCOC1C)C(=O)O. The van der Waals surface area contributed by atoms with Gasteiger partial charge in [-0.15, -0.1) is 0 Å². The molecule has 2 unspecified atom stereocenters. The molecule has 0 aromatic carbocycles. The summed E-state index contributed by atoms with van der Waals surface area (Å²) in [4.78, 5) is 22.7. The standard InChI is InChI=1S/C12H22N2O4/c1-3-4-5-10(11(15)16)14-12(17)13-9-6-7-18-8(9)2/h8-10H,3-7H2,1-2H3,(H,15,16)(H2,13,14,17)/t8?,9?,10-/m0/s1. The van der Waals surface area contributed by atoms with Crippen LogP contribution in [0.5, 0.6) is 0 Å². The first-order chi connectivity index (χ1) is 8.54. The monoisotopic (exact) mass is 258 g/mol. The summed E-state index contributed by atoms with van der Waals surface area (Å²) in [6, 6.07) is -1.28. The molecule has 6 nitrogen and oxygen atoms in total. The summed E-state index contributed by atoms with van der Waals surface area (Å²) < 4.78 is 5.32. The molecule has 1 heterocycles. The lowest BCUT2D eigenvalue weighted by Gasteiger charge is -2.19. The molecule has 18 heavy (non-hydrogen) atoms. The molecule has 1 saturated heterocycles. The van der Waals surface area contributed by atoms with Gasteiger partial charge >= 0.3 is 12.0 Å². The Morgan fingerprint density at radius 2 is 2.22 bits per heavy atom. The average molecular weight is 258 g/mol. The number of nitrogens with one attached hydrogen (secondary N) is 2. The number of amides is 2. The maximum Gasteiger partial charge on any atom is 0.326 e. The summed E-state index contributed by atoms with van der Waals surface area (Å²) in [7, 11) is 0. The fraction of sp³-hybridized carbons (Fsp3) is 0.833. The van der Waals surface area contributed by atoms with Gasteiger partial charge in [0.25, 0.3) is 0 Å². The minimum atomic E-state index is -0.991. The summed E-state index contributed by atoms with van der Waals surface area (Å²) in [5.41, 5.74) is 0. The lowest BCUT2D eigenvalue weighted by molar-refractivity contribution is -0.139. The molecule has 3 atom stereocenters. The number of hydrogen-bond donors (Lipinski definition) is 3. The zero-order valence-corrected chi connectivity index (χ0v) is 10.9. The lowest BCUT2D eigenvalue weighted by atomic mass is 10.1. The van der Waals surface area contributed by atoms with Crippen LogP contribution in [0.4, 0.5) is 4.79 Å². The minimum absolute atomic E-state index is 0.0188. The number of rotatable bonds is 6. The van der Waals surface area contributed by atoms with Crippen molar-refractivity contribution in [2.75, 3.05) is 6.61 Å². The fourth-order valence-electron chi connectivity index (χ4n) is 1.96. The first kappa shape index (κ1) is 14.8. The predicted octanol–water partition coefficient (Wildman–Crippen LogP) is 1.11. The van der Waals surface area contributed by atoms with Crippen LogP contribution < -0.4 is 10.6 Å². The molecule has 1 fully saturated rings. The number of hydrogen-bond acceptors (Lipinski definition) is 3. The second kappa shape index (κ2) is 7.20. The van der Waals surface area contributed by atoms with Gasteiger partial charge < -0.3 is 20.5 Å². The molecule has 104 valence electrons. The van der Waals surface area contributed by atoms with Gasteiger partial charge in [-0.25, -0.2) is 9.59 Å². The van der Waals surface area contributed by atoms with E-state index in [2.05, 4.69) is 10.6 Å². The highest BCUT2D eigenvalue weighted by Crippen LogP contribution is 2.12. The molecule has 1 aliphatic heterocycles. The van der Waals surface area contributed by atoms with E-state index in [0.717, 1.165) is 19.3 Å². The Morgan fingerprint density at radius 3 is 2.72 bits per heavy atom. The first-order valence-electron chi connectivity index (χ1n) is 6.46. The molecule has 0 aromatic heterocycles. The molecular formula is C12H22N2O4. The molecule has 1 aliphatic rings. The number of carboxylic acid groups (broad SMARTS) is 1. The summed E-state index contributed by atoms with van der Waals surface area (Å²) in [5, 5.41) is 14.2. The van der Waals surface area contributed by atoms with Crippen molar-refractivity contribution in [3.63, 3.8) is 0 Å². The molecule has 2 amide bonds. The van der Waals surface area contributed by atoms with Crippen LogP contribution in [0, 0.1) is 0 Å². The van der Waals surface area contributed by atoms with Crippen LogP contribution in [0.2, 0.25) is 0 Å². The normalized spacial score (nSPS) is 24.6. The average Bonchev–Trinajstić information content (AvgIpc) is 2.70. The Hall–Kier alpha value is -1.30. The molecule has 0 bridgehead atoms. The van der Waals surface area contributed by atoms with Crippen LogP contribution in [-0.4, -0.2) is 41.9 Å². The van der Waals surface area contributed by atoms with E-state index in [9.17, 15) is 9.59 Å². The van der Waals surface area contributed by atoms with Crippen LogP contribution in [0.3, 0.4) is 0 Å². The number of carboxylic acids is 1. The molecule has 0 aliphatic carbocycles. The highest BCUT2D eigenvalue weighted by Gasteiger charge is 2.27. The largest absolute Gasteiger partial charge is 0.480 e. The third-order valence-electron chi connectivity index (χ3n) is 3.14. The van der Waals surface area contributed by atoms with E-state index in [1.54, 1.807) is 0 Å². The highest BCUT2D eigenvalue weighted by molar-refractivity contribution is 5.82. The van der Waals surface area contributed by atoms with Gasteiger partial charge in [-0.1, -0.05) is 19.8 Å². The topological polar surface area (TPSA) is 87.7 Å². The van der Waals surface area contributed by atoms with Crippen LogP contribution in [0.1, 0.15) is 39.5 Å². The Balaban J connectivity index is 2.38. The van der Waals surface area contributed by atoms with E-state index in [1.807, 2.05) is 13.8 Å². The van der Waals surface area contributed by atoms with Gasteiger partial charge in [0.05, 0.1) is 12.1 Å². The Labute approximate surface area is 107 Å². The van der Waals surface area contributed by atoms with Crippen molar-refractivity contribution < 1.29 is 19.4 Å².